The third-order valence-corrected chi connectivity index (χ3v) is 7.63. The molecule has 0 radical (unpaired) electrons. The van der Waals surface area contributed by atoms with E-state index in [9.17, 15) is 0 Å². The Morgan fingerprint density at radius 1 is 0.846 bits per heavy atom. The van der Waals surface area contributed by atoms with Crippen LogP contribution in [-0.4, -0.2) is 72.5 Å². The van der Waals surface area contributed by atoms with Crippen LogP contribution in [0, 0.1) is 6.92 Å². The Labute approximate surface area is 251 Å². The summed E-state index contributed by atoms with van der Waals surface area (Å²) in [4.78, 5) is 4.94. The lowest BCUT2D eigenvalue weighted by Gasteiger charge is -2.32. The van der Waals surface area contributed by atoms with E-state index in [1.807, 2.05) is 13.0 Å². The van der Waals surface area contributed by atoms with Gasteiger partial charge in [0.2, 0.25) is 0 Å². The Hall–Kier alpha value is -2.03. The van der Waals surface area contributed by atoms with Gasteiger partial charge >= 0.3 is 0 Å². The molecule has 2 aliphatic heterocycles. The molecule has 3 heterocycles. The number of benzene rings is 2. The maximum atomic E-state index is 6.28. The molecule has 39 heavy (non-hydrogen) atoms. The van der Waals surface area contributed by atoms with E-state index in [0.717, 1.165) is 85.6 Å². The average Bonchev–Trinajstić information content (AvgIpc) is 3.11. The van der Waals surface area contributed by atoms with Crippen LogP contribution in [0.25, 0.3) is 10.8 Å². The first-order chi connectivity index (χ1) is 17.6. The lowest BCUT2D eigenvalue weighted by atomic mass is 10.0. The van der Waals surface area contributed by atoms with Crippen LogP contribution < -0.4 is 14.8 Å². The summed E-state index contributed by atoms with van der Waals surface area (Å²) in [6.45, 7) is 7.39. The highest BCUT2D eigenvalue weighted by Gasteiger charge is 2.21. The number of hydrogen-bond donors (Lipinski definition) is 1. The molecule has 2 aliphatic rings. The Bertz CT molecular complexity index is 1160. The van der Waals surface area contributed by atoms with Crippen LogP contribution in [0.4, 0.5) is 5.82 Å². The summed E-state index contributed by atoms with van der Waals surface area (Å²) in [5.74, 6) is 2.69. The summed E-state index contributed by atoms with van der Waals surface area (Å²) in [6.07, 6.45) is 5.97. The Morgan fingerprint density at radius 2 is 1.56 bits per heavy atom. The molecule has 0 saturated carbocycles. The Kier molecular flexibility index (Phi) is 13.3. The number of rotatable bonds is 7. The van der Waals surface area contributed by atoms with Gasteiger partial charge in [-0.05, 0) is 88.5 Å². The van der Waals surface area contributed by atoms with Gasteiger partial charge in [0.15, 0.2) is 5.82 Å². The molecule has 216 valence electrons. The second-order valence-corrected chi connectivity index (χ2v) is 10.4. The highest BCUT2D eigenvalue weighted by molar-refractivity contribution is 5.94. The topological polar surface area (TPSA) is 62.8 Å². The quantitative estimate of drug-likeness (QED) is 0.350. The SMILES string of the molecule is COc1ccc2c(C)nnc(NC3CCN(Cc4ccc(OC5CCCN(C)CC5)cc4)CC3)c2c1.Cl.Cl.Cl. The molecule has 3 aromatic rings. The van der Waals surface area contributed by atoms with E-state index in [1.54, 1.807) is 7.11 Å². The molecular formula is C29H42Cl3N5O2. The first-order valence-corrected chi connectivity index (χ1v) is 13.3. The normalized spacial score (nSPS) is 18.7. The van der Waals surface area contributed by atoms with Gasteiger partial charge < -0.3 is 19.7 Å². The van der Waals surface area contributed by atoms with Crippen LogP contribution in [0.15, 0.2) is 42.5 Å². The number of hydrogen-bond acceptors (Lipinski definition) is 7. The molecular weight excluding hydrogens is 557 g/mol. The molecule has 0 spiro atoms. The molecule has 2 fully saturated rings. The predicted octanol–water partition coefficient (Wildman–Crippen LogP) is 6.15. The predicted molar refractivity (Wildman–Crippen MR) is 167 cm³/mol. The average molecular weight is 599 g/mol. The number of anilines is 1. The van der Waals surface area contributed by atoms with Gasteiger partial charge in [-0.25, -0.2) is 0 Å². The van der Waals surface area contributed by atoms with Gasteiger partial charge in [-0.1, -0.05) is 12.1 Å². The smallest absolute Gasteiger partial charge is 0.156 e. The van der Waals surface area contributed by atoms with Gasteiger partial charge in [0.1, 0.15) is 11.5 Å². The first kappa shape index (κ1) is 33.2. The minimum Gasteiger partial charge on any atom is -0.497 e. The molecule has 0 aliphatic carbocycles. The van der Waals surface area contributed by atoms with Gasteiger partial charge in [-0.3, -0.25) is 4.90 Å². The summed E-state index contributed by atoms with van der Waals surface area (Å²) in [5.41, 5.74) is 2.28. The summed E-state index contributed by atoms with van der Waals surface area (Å²) in [7, 11) is 3.90. The van der Waals surface area contributed by atoms with Crippen molar-refractivity contribution in [3.05, 3.63) is 53.7 Å². The van der Waals surface area contributed by atoms with E-state index in [-0.39, 0.29) is 37.2 Å². The van der Waals surface area contributed by atoms with Crippen LogP contribution in [-0.2, 0) is 6.54 Å². The van der Waals surface area contributed by atoms with E-state index in [4.69, 9.17) is 9.47 Å². The molecule has 1 aromatic heterocycles. The number of nitrogens with one attached hydrogen (secondary N) is 1. The van der Waals surface area contributed by atoms with Crippen molar-refractivity contribution >= 4 is 53.8 Å². The van der Waals surface area contributed by atoms with E-state index >= 15 is 0 Å². The maximum Gasteiger partial charge on any atom is 0.156 e. The molecule has 2 aromatic carbocycles. The minimum absolute atomic E-state index is 0. The van der Waals surface area contributed by atoms with Crippen LogP contribution in [0.2, 0.25) is 0 Å². The number of nitrogens with zero attached hydrogens (tertiary/aromatic N) is 4. The molecule has 1 N–H and O–H groups in total. The van der Waals surface area contributed by atoms with Crippen molar-refractivity contribution in [2.24, 2.45) is 0 Å². The maximum absolute atomic E-state index is 6.28. The number of halogens is 3. The van der Waals surface area contributed by atoms with Crippen LogP contribution in [0.5, 0.6) is 11.5 Å². The molecule has 0 bridgehead atoms. The Balaban J connectivity index is 0.00000178. The van der Waals surface area contributed by atoms with E-state index < -0.39 is 0 Å². The second-order valence-electron chi connectivity index (χ2n) is 10.4. The second kappa shape index (κ2) is 15.7. The first-order valence-electron chi connectivity index (χ1n) is 13.3. The molecule has 5 rings (SSSR count). The van der Waals surface area contributed by atoms with Crippen LogP contribution >= 0.6 is 37.2 Å². The lowest BCUT2D eigenvalue weighted by Crippen LogP contribution is -2.38. The summed E-state index contributed by atoms with van der Waals surface area (Å²) >= 11 is 0. The largest absolute Gasteiger partial charge is 0.497 e. The summed E-state index contributed by atoms with van der Waals surface area (Å²) in [6, 6.07) is 15.2. The number of likely N-dealkylation sites (tertiary alicyclic amines) is 2. The fourth-order valence-corrected chi connectivity index (χ4v) is 5.38. The molecule has 0 amide bonds. The highest BCUT2D eigenvalue weighted by atomic mass is 35.5. The lowest BCUT2D eigenvalue weighted by molar-refractivity contribution is 0.183. The van der Waals surface area contributed by atoms with Gasteiger partial charge in [0.05, 0.1) is 18.9 Å². The van der Waals surface area contributed by atoms with Crippen molar-refractivity contribution in [2.75, 3.05) is 45.7 Å². The zero-order valence-electron chi connectivity index (χ0n) is 23.1. The van der Waals surface area contributed by atoms with Crippen molar-refractivity contribution in [3.63, 3.8) is 0 Å². The monoisotopic (exact) mass is 597 g/mol. The standard InChI is InChI=1S/C29H39N5O2.3ClH/c1-21-27-11-10-26(35-3)19-28(27)29(32-31-21)30-23-12-17-34(18-13-23)20-22-6-8-25(9-7-22)36-24-5-4-15-33(2)16-14-24;;;/h6-11,19,23-24H,4-5,12-18,20H2,1-3H3,(H,30,32);3*1H. The number of aryl methyl sites for hydroxylation is 1. The van der Waals surface area contributed by atoms with Crippen molar-refractivity contribution in [1.29, 1.82) is 0 Å². The third-order valence-electron chi connectivity index (χ3n) is 7.63. The van der Waals surface area contributed by atoms with E-state index in [1.165, 1.54) is 18.5 Å². The molecule has 10 heteroatoms. The number of piperidine rings is 1. The van der Waals surface area contributed by atoms with Gasteiger partial charge in [0, 0.05) is 43.0 Å². The zero-order chi connectivity index (χ0) is 24.9. The molecule has 1 unspecified atom stereocenters. The highest BCUT2D eigenvalue weighted by Crippen LogP contribution is 2.29. The number of fused-ring (bicyclic) bond motifs is 1. The van der Waals surface area contributed by atoms with Crippen molar-refractivity contribution < 1.29 is 9.47 Å². The van der Waals surface area contributed by atoms with Gasteiger partial charge in [0.25, 0.3) is 0 Å². The van der Waals surface area contributed by atoms with Crippen molar-refractivity contribution in [1.82, 2.24) is 20.0 Å². The minimum atomic E-state index is 0. The number of methoxy groups -OCH3 is 1. The van der Waals surface area contributed by atoms with Crippen LogP contribution in [0.1, 0.15) is 43.4 Å². The summed E-state index contributed by atoms with van der Waals surface area (Å²) < 4.78 is 11.7. The van der Waals surface area contributed by atoms with Crippen LogP contribution in [0.3, 0.4) is 0 Å². The van der Waals surface area contributed by atoms with E-state index in [0.29, 0.717) is 12.1 Å². The fraction of sp³-hybridized carbons (Fsp3) is 0.517. The van der Waals surface area contributed by atoms with Gasteiger partial charge in [-0.15, -0.1) is 42.3 Å². The molecule has 2 saturated heterocycles. The Morgan fingerprint density at radius 3 is 2.28 bits per heavy atom. The molecule has 7 nitrogen and oxygen atoms in total. The van der Waals surface area contributed by atoms with Crippen molar-refractivity contribution in [2.45, 2.75) is 57.7 Å². The van der Waals surface area contributed by atoms with Crippen molar-refractivity contribution in [3.8, 4) is 11.5 Å². The number of ether oxygens (including phenoxy) is 2. The van der Waals surface area contributed by atoms with E-state index in [2.05, 4.69) is 68.8 Å². The molecule has 1 atom stereocenters. The summed E-state index contributed by atoms with van der Waals surface area (Å²) in [5, 5.41) is 14.7. The zero-order valence-corrected chi connectivity index (χ0v) is 25.5. The number of aromatic nitrogens is 2. The third kappa shape index (κ3) is 8.73. The fourth-order valence-electron chi connectivity index (χ4n) is 5.38. The van der Waals surface area contributed by atoms with Gasteiger partial charge in [-0.2, -0.15) is 5.10 Å².